The summed E-state index contributed by atoms with van der Waals surface area (Å²) in [6.45, 7) is 7.35. The fourth-order valence-corrected chi connectivity index (χ4v) is 3.86. The molecule has 0 bridgehead atoms. The summed E-state index contributed by atoms with van der Waals surface area (Å²) in [7, 11) is 0. The van der Waals surface area contributed by atoms with Gasteiger partial charge in [0.05, 0.1) is 18.2 Å². The van der Waals surface area contributed by atoms with Crippen molar-refractivity contribution in [1.29, 1.82) is 0 Å². The van der Waals surface area contributed by atoms with Crippen LogP contribution < -0.4 is 5.32 Å². The number of ether oxygens (including phenoxy) is 1. The summed E-state index contributed by atoms with van der Waals surface area (Å²) in [5, 5.41) is 7.56. The summed E-state index contributed by atoms with van der Waals surface area (Å²) < 4.78 is 10.5. The summed E-state index contributed by atoms with van der Waals surface area (Å²) in [4.78, 5) is 20.7. The number of carbonyl (C=O) groups is 1. The van der Waals surface area contributed by atoms with Crippen molar-refractivity contribution < 1.29 is 14.1 Å². The van der Waals surface area contributed by atoms with Crippen molar-refractivity contribution in [3.8, 4) is 22.8 Å². The molecule has 1 N–H and O–H groups in total. The van der Waals surface area contributed by atoms with Gasteiger partial charge in [-0.3, -0.25) is 9.78 Å². The SMILES string of the molecule is CCOC(=O)[C@H]1C[C@@H](NCc2ccc(-c3noc(-c4ccc(CC(C)C)cc4)n3)cn2)C1. The van der Waals surface area contributed by atoms with E-state index in [2.05, 4.69) is 46.4 Å². The molecule has 0 amide bonds. The molecule has 2 aromatic heterocycles. The monoisotopic (exact) mass is 434 g/mol. The molecule has 0 radical (unpaired) electrons. The van der Waals surface area contributed by atoms with Crippen LogP contribution in [0, 0.1) is 11.8 Å². The zero-order chi connectivity index (χ0) is 22.5. The third kappa shape index (κ3) is 5.40. The lowest BCUT2D eigenvalue weighted by molar-refractivity contribution is -0.151. The minimum atomic E-state index is -0.0842. The van der Waals surface area contributed by atoms with Crippen molar-refractivity contribution in [3.63, 3.8) is 0 Å². The number of hydrogen-bond acceptors (Lipinski definition) is 7. The molecule has 1 saturated carbocycles. The van der Waals surface area contributed by atoms with Crippen molar-refractivity contribution in [2.24, 2.45) is 11.8 Å². The van der Waals surface area contributed by atoms with Gasteiger partial charge in [-0.2, -0.15) is 4.98 Å². The van der Waals surface area contributed by atoms with Gasteiger partial charge in [0, 0.05) is 29.9 Å². The van der Waals surface area contributed by atoms with Gasteiger partial charge in [0.25, 0.3) is 5.89 Å². The fraction of sp³-hybridized carbons (Fsp3) is 0.440. The van der Waals surface area contributed by atoms with Crippen LogP contribution in [-0.2, 0) is 22.5 Å². The molecule has 2 heterocycles. The van der Waals surface area contributed by atoms with Gasteiger partial charge in [-0.15, -0.1) is 0 Å². The van der Waals surface area contributed by atoms with Crippen molar-refractivity contribution in [2.75, 3.05) is 6.61 Å². The zero-order valence-electron chi connectivity index (χ0n) is 18.9. The third-order valence-corrected chi connectivity index (χ3v) is 5.68. The lowest BCUT2D eigenvalue weighted by atomic mass is 9.80. The Bertz CT molecular complexity index is 1020. The third-order valence-electron chi connectivity index (χ3n) is 5.68. The van der Waals surface area contributed by atoms with Gasteiger partial charge in [-0.1, -0.05) is 31.1 Å². The van der Waals surface area contributed by atoms with Crippen LogP contribution in [-0.4, -0.2) is 33.7 Å². The molecule has 168 valence electrons. The molecule has 0 aliphatic heterocycles. The second-order valence-electron chi connectivity index (χ2n) is 8.75. The topological polar surface area (TPSA) is 90.1 Å². The Morgan fingerprint density at radius 3 is 2.56 bits per heavy atom. The van der Waals surface area contributed by atoms with E-state index in [4.69, 9.17) is 9.26 Å². The minimum Gasteiger partial charge on any atom is -0.466 e. The number of hydrogen-bond donors (Lipinski definition) is 1. The fourth-order valence-electron chi connectivity index (χ4n) is 3.86. The maximum atomic E-state index is 11.7. The first kappa shape index (κ1) is 22.1. The number of benzene rings is 1. The van der Waals surface area contributed by atoms with E-state index in [1.165, 1.54) is 5.56 Å². The van der Waals surface area contributed by atoms with Crippen LogP contribution in [0.5, 0.6) is 0 Å². The molecule has 0 saturated heterocycles. The average Bonchev–Trinajstić information content (AvgIpc) is 3.23. The maximum absolute atomic E-state index is 11.7. The van der Waals surface area contributed by atoms with Crippen LogP contribution in [0.1, 0.15) is 44.9 Å². The quantitative estimate of drug-likeness (QED) is 0.498. The average molecular weight is 435 g/mol. The first-order valence-electron chi connectivity index (χ1n) is 11.3. The van der Waals surface area contributed by atoms with Gasteiger partial charge in [-0.25, -0.2) is 0 Å². The number of esters is 1. The van der Waals surface area contributed by atoms with E-state index >= 15 is 0 Å². The van der Waals surface area contributed by atoms with E-state index in [0.717, 1.165) is 36.1 Å². The van der Waals surface area contributed by atoms with Crippen molar-refractivity contribution >= 4 is 5.97 Å². The van der Waals surface area contributed by atoms with Crippen molar-refractivity contribution in [2.45, 2.75) is 52.6 Å². The van der Waals surface area contributed by atoms with Gasteiger partial charge >= 0.3 is 5.97 Å². The Hall–Kier alpha value is -3.06. The highest BCUT2D eigenvalue weighted by molar-refractivity contribution is 5.73. The van der Waals surface area contributed by atoms with Gasteiger partial charge in [0.2, 0.25) is 5.82 Å². The van der Waals surface area contributed by atoms with Crippen LogP contribution in [0.2, 0.25) is 0 Å². The van der Waals surface area contributed by atoms with Crippen LogP contribution in [0.3, 0.4) is 0 Å². The molecule has 7 nitrogen and oxygen atoms in total. The first-order valence-corrected chi connectivity index (χ1v) is 11.3. The lowest BCUT2D eigenvalue weighted by Crippen LogP contribution is -2.44. The summed E-state index contributed by atoms with van der Waals surface area (Å²) in [6.07, 6.45) is 4.45. The van der Waals surface area contributed by atoms with Gasteiger partial charge in [-0.05, 0) is 61.9 Å². The largest absolute Gasteiger partial charge is 0.466 e. The second kappa shape index (κ2) is 10.0. The second-order valence-corrected chi connectivity index (χ2v) is 8.75. The Morgan fingerprint density at radius 2 is 1.91 bits per heavy atom. The zero-order valence-corrected chi connectivity index (χ0v) is 18.9. The lowest BCUT2D eigenvalue weighted by Gasteiger charge is -2.34. The number of pyridine rings is 1. The Morgan fingerprint density at radius 1 is 1.16 bits per heavy atom. The molecule has 1 aliphatic rings. The number of nitrogens with one attached hydrogen (secondary N) is 1. The number of carbonyl (C=O) groups excluding carboxylic acids is 1. The van der Waals surface area contributed by atoms with Crippen LogP contribution in [0.25, 0.3) is 22.8 Å². The smallest absolute Gasteiger partial charge is 0.309 e. The highest BCUT2D eigenvalue weighted by Crippen LogP contribution is 2.29. The van der Waals surface area contributed by atoms with E-state index in [1.807, 2.05) is 31.2 Å². The molecule has 1 aromatic carbocycles. The van der Waals surface area contributed by atoms with Gasteiger partial charge < -0.3 is 14.6 Å². The van der Waals surface area contributed by atoms with Crippen LogP contribution in [0.4, 0.5) is 0 Å². The normalized spacial score (nSPS) is 17.9. The maximum Gasteiger partial charge on any atom is 0.309 e. The minimum absolute atomic E-state index is 0.0293. The standard InChI is InChI=1S/C25H30N4O3/c1-4-31-25(30)20-12-22(13-20)27-15-21-10-9-19(14-26-21)23-28-24(32-29-23)18-7-5-17(6-8-18)11-16(2)3/h5-10,14,16,20,22,27H,4,11-13,15H2,1-3H3/t20-,22+. The molecule has 7 heteroatoms. The van der Waals surface area contributed by atoms with E-state index in [0.29, 0.717) is 36.8 Å². The predicted octanol–water partition coefficient (Wildman–Crippen LogP) is 4.43. The van der Waals surface area contributed by atoms with Crippen molar-refractivity contribution in [3.05, 3.63) is 53.9 Å². The van der Waals surface area contributed by atoms with E-state index in [9.17, 15) is 4.79 Å². The molecule has 4 rings (SSSR count). The summed E-state index contributed by atoms with van der Waals surface area (Å²) in [6, 6.07) is 12.5. The van der Waals surface area contributed by atoms with E-state index < -0.39 is 0 Å². The number of rotatable bonds is 9. The highest BCUT2D eigenvalue weighted by Gasteiger charge is 2.35. The first-order chi connectivity index (χ1) is 15.5. The molecule has 1 aliphatic carbocycles. The predicted molar refractivity (Wildman–Crippen MR) is 121 cm³/mol. The van der Waals surface area contributed by atoms with Gasteiger partial charge in [0.15, 0.2) is 0 Å². The van der Waals surface area contributed by atoms with Crippen LogP contribution >= 0.6 is 0 Å². The molecule has 32 heavy (non-hydrogen) atoms. The Kier molecular flexibility index (Phi) is 6.95. The number of nitrogens with zero attached hydrogens (tertiary/aromatic N) is 3. The Labute approximate surface area is 188 Å². The molecule has 1 fully saturated rings. The summed E-state index contributed by atoms with van der Waals surface area (Å²) in [5.74, 6) is 1.59. The molecular formula is C25H30N4O3. The van der Waals surface area contributed by atoms with Crippen LogP contribution in [0.15, 0.2) is 47.1 Å². The summed E-state index contributed by atoms with van der Waals surface area (Å²) in [5.41, 5.74) is 3.95. The Balaban J connectivity index is 1.30. The van der Waals surface area contributed by atoms with E-state index in [-0.39, 0.29) is 11.9 Å². The van der Waals surface area contributed by atoms with Crippen molar-refractivity contribution in [1.82, 2.24) is 20.4 Å². The highest BCUT2D eigenvalue weighted by atomic mass is 16.5. The summed E-state index contributed by atoms with van der Waals surface area (Å²) >= 11 is 0. The number of aromatic nitrogens is 3. The van der Waals surface area contributed by atoms with Gasteiger partial charge in [0.1, 0.15) is 0 Å². The van der Waals surface area contributed by atoms with E-state index in [1.54, 1.807) is 6.20 Å². The molecule has 0 spiro atoms. The molecule has 0 atom stereocenters. The molecule has 0 unspecified atom stereocenters. The molecule has 3 aromatic rings. The molecular weight excluding hydrogens is 404 g/mol.